The van der Waals surface area contributed by atoms with Crippen LogP contribution in [0.2, 0.25) is 0 Å². The number of aryl methyl sites for hydroxylation is 1. The van der Waals surface area contributed by atoms with E-state index < -0.39 is 15.8 Å². The third-order valence-corrected chi connectivity index (χ3v) is 6.51. The third-order valence-electron chi connectivity index (χ3n) is 4.56. The van der Waals surface area contributed by atoms with Gasteiger partial charge in [-0.3, -0.25) is 0 Å². The number of carbonyl (C=O) groups is 1. The SMILES string of the molecule is Cc1cc(S(=O)(=O)N2CCCCC2CCNC(=O)NC(C)(C)C)ccc1F. The van der Waals surface area contributed by atoms with Crippen LogP contribution >= 0.6 is 0 Å². The monoisotopic (exact) mass is 399 g/mol. The number of piperidine rings is 1. The standard InChI is InChI=1S/C19H30FN3O3S/c1-14-13-16(8-9-17(14)20)27(25,26)23-12-6-5-7-15(23)10-11-21-18(24)22-19(2,3)4/h8-9,13,15H,5-7,10-12H2,1-4H3,(H2,21,22,24). The van der Waals surface area contributed by atoms with Crippen LogP contribution in [0.5, 0.6) is 0 Å². The van der Waals surface area contributed by atoms with Crippen molar-refractivity contribution < 1.29 is 17.6 Å². The number of hydrogen-bond donors (Lipinski definition) is 2. The molecule has 0 bridgehead atoms. The minimum Gasteiger partial charge on any atom is -0.338 e. The van der Waals surface area contributed by atoms with Crippen molar-refractivity contribution in [1.29, 1.82) is 0 Å². The molecular weight excluding hydrogens is 369 g/mol. The number of urea groups is 1. The largest absolute Gasteiger partial charge is 0.338 e. The van der Waals surface area contributed by atoms with Crippen molar-refractivity contribution in [3.05, 3.63) is 29.6 Å². The van der Waals surface area contributed by atoms with Gasteiger partial charge in [0.1, 0.15) is 5.82 Å². The number of amides is 2. The summed E-state index contributed by atoms with van der Waals surface area (Å²) in [5.74, 6) is -0.418. The topological polar surface area (TPSA) is 78.5 Å². The molecule has 1 aliphatic rings. The summed E-state index contributed by atoms with van der Waals surface area (Å²) in [6, 6.07) is 3.45. The summed E-state index contributed by atoms with van der Waals surface area (Å²) in [5.41, 5.74) is -0.0183. The molecule has 1 aromatic rings. The van der Waals surface area contributed by atoms with E-state index in [0.29, 0.717) is 25.1 Å². The van der Waals surface area contributed by atoms with E-state index >= 15 is 0 Å². The lowest BCUT2D eigenvalue weighted by Crippen LogP contribution is -2.48. The van der Waals surface area contributed by atoms with Crippen LogP contribution in [-0.4, -0.2) is 43.4 Å². The van der Waals surface area contributed by atoms with Crippen molar-refractivity contribution in [1.82, 2.24) is 14.9 Å². The van der Waals surface area contributed by atoms with Gasteiger partial charge in [0.2, 0.25) is 10.0 Å². The minimum absolute atomic E-state index is 0.117. The smallest absolute Gasteiger partial charge is 0.315 e. The molecule has 1 heterocycles. The van der Waals surface area contributed by atoms with Crippen LogP contribution in [-0.2, 0) is 10.0 Å². The quantitative estimate of drug-likeness (QED) is 0.798. The van der Waals surface area contributed by atoms with Gasteiger partial charge in [-0.05, 0) is 70.7 Å². The first kappa shape index (κ1) is 21.6. The average Bonchev–Trinajstić information content (AvgIpc) is 2.56. The molecule has 0 spiro atoms. The number of halogens is 1. The predicted molar refractivity (Wildman–Crippen MR) is 104 cm³/mol. The maximum absolute atomic E-state index is 13.5. The molecule has 0 aromatic heterocycles. The summed E-state index contributed by atoms with van der Waals surface area (Å²) in [4.78, 5) is 12.0. The molecule has 1 aromatic carbocycles. The van der Waals surface area contributed by atoms with Crippen LogP contribution in [0, 0.1) is 12.7 Å². The van der Waals surface area contributed by atoms with Gasteiger partial charge in [0, 0.05) is 24.7 Å². The van der Waals surface area contributed by atoms with Gasteiger partial charge in [-0.2, -0.15) is 4.31 Å². The molecule has 0 saturated carbocycles. The highest BCUT2D eigenvalue weighted by Gasteiger charge is 2.33. The fourth-order valence-corrected chi connectivity index (χ4v) is 5.04. The lowest BCUT2D eigenvalue weighted by molar-refractivity contribution is 0.223. The molecule has 1 atom stereocenters. The Labute approximate surface area is 161 Å². The van der Waals surface area contributed by atoms with Crippen molar-refractivity contribution in [2.75, 3.05) is 13.1 Å². The van der Waals surface area contributed by atoms with Gasteiger partial charge < -0.3 is 10.6 Å². The summed E-state index contributed by atoms with van der Waals surface area (Å²) in [5, 5.41) is 5.61. The first-order chi connectivity index (χ1) is 12.5. The molecule has 8 heteroatoms. The Balaban J connectivity index is 2.05. The summed E-state index contributed by atoms with van der Waals surface area (Å²) in [6.07, 6.45) is 3.04. The van der Waals surface area contributed by atoms with E-state index in [0.717, 1.165) is 19.3 Å². The molecule has 2 N–H and O–H groups in total. The Morgan fingerprint density at radius 1 is 1.30 bits per heavy atom. The zero-order valence-electron chi connectivity index (χ0n) is 16.5. The molecule has 1 unspecified atom stereocenters. The Kier molecular flexibility index (Phi) is 6.86. The maximum atomic E-state index is 13.5. The van der Waals surface area contributed by atoms with Crippen LogP contribution in [0.1, 0.15) is 52.0 Å². The van der Waals surface area contributed by atoms with E-state index in [1.807, 2.05) is 20.8 Å². The second-order valence-electron chi connectivity index (χ2n) is 8.10. The first-order valence-corrected chi connectivity index (χ1v) is 10.8. The molecule has 6 nitrogen and oxygen atoms in total. The molecule has 2 amide bonds. The molecule has 152 valence electrons. The first-order valence-electron chi connectivity index (χ1n) is 9.35. The van der Waals surface area contributed by atoms with Crippen LogP contribution < -0.4 is 10.6 Å². The van der Waals surface area contributed by atoms with Crippen molar-refractivity contribution in [2.45, 2.75) is 69.9 Å². The number of benzene rings is 1. The molecule has 2 rings (SSSR count). The highest BCUT2D eigenvalue weighted by Crippen LogP contribution is 2.27. The van der Waals surface area contributed by atoms with Crippen LogP contribution in [0.3, 0.4) is 0 Å². The number of rotatable bonds is 5. The second kappa shape index (κ2) is 8.56. The number of nitrogens with zero attached hydrogens (tertiary/aromatic N) is 1. The van der Waals surface area contributed by atoms with E-state index in [2.05, 4.69) is 10.6 Å². The van der Waals surface area contributed by atoms with E-state index in [1.54, 1.807) is 6.92 Å². The molecular formula is C19H30FN3O3S. The highest BCUT2D eigenvalue weighted by atomic mass is 32.2. The van der Waals surface area contributed by atoms with Gasteiger partial charge in [0.15, 0.2) is 0 Å². The van der Waals surface area contributed by atoms with Crippen LogP contribution in [0.25, 0.3) is 0 Å². The third kappa shape index (κ3) is 5.90. The maximum Gasteiger partial charge on any atom is 0.315 e. The van der Waals surface area contributed by atoms with E-state index in [-0.39, 0.29) is 22.5 Å². The lowest BCUT2D eigenvalue weighted by Gasteiger charge is -2.35. The van der Waals surface area contributed by atoms with E-state index in [1.165, 1.54) is 22.5 Å². The molecule has 1 saturated heterocycles. The summed E-state index contributed by atoms with van der Waals surface area (Å²) in [6.45, 7) is 8.07. The Morgan fingerprint density at radius 3 is 2.63 bits per heavy atom. The number of carbonyl (C=O) groups excluding carboxylic acids is 1. The number of sulfonamides is 1. The van der Waals surface area contributed by atoms with E-state index in [9.17, 15) is 17.6 Å². The normalized spacial score (nSPS) is 18.9. The van der Waals surface area contributed by atoms with Gasteiger partial charge in [-0.1, -0.05) is 6.42 Å². The highest BCUT2D eigenvalue weighted by molar-refractivity contribution is 7.89. The summed E-state index contributed by atoms with van der Waals surface area (Å²) >= 11 is 0. The molecule has 1 fully saturated rings. The summed E-state index contributed by atoms with van der Waals surface area (Å²) in [7, 11) is -3.69. The fourth-order valence-electron chi connectivity index (χ4n) is 3.23. The zero-order chi connectivity index (χ0) is 20.2. The predicted octanol–water partition coefficient (Wildman–Crippen LogP) is 3.17. The van der Waals surface area contributed by atoms with Crippen molar-refractivity contribution in [2.24, 2.45) is 0 Å². The number of hydrogen-bond acceptors (Lipinski definition) is 3. The second-order valence-corrected chi connectivity index (χ2v) is 9.99. The molecule has 0 radical (unpaired) electrons. The number of nitrogens with one attached hydrogen (secondary N) is 2. The Hall–Kier alpha value is -1.67. The lowest BCUT2D eigenvalue weighted by atomic mass is 10.0. The fraction of sp³-hybridized carbons (Fsp3) is 0.632. The van der Waals surface area contributed by atoms with Crippen LogP contribution in [0.4, 0.5) is 9.18 Å². The average molecular weight is 400 g/mol. The van der Waals surface area contributed by atoms with E-state index in [4.69, 9.17) is 0 Å². The molecule has 27 heavy (non-hydrogen) atoms. The molecule has 1 aliphatic heterocycles. The van der Waals surface area contributed by atoms with Gasteiger partial charge in [-0.15, -0.1) is 0 Å². The Bertz CT molecular complexity index is 775. The van der Waals surface area contributed by atoms with Gasteiger partial charge in [-0.25, -0.2) is 17.6 Å². The van der Waals surface area contributed by atoms with Crippen LogP contribution in [0.15, 0.2) is 23.1 Å². The van der Waals surface area contributed by atoms with Gasteiger partial charge in [0.25, 0.3) is 0 Å². The Morgan fingerprint density at radius 2 is 2.00 bits per heavy atom. The zero-order valence-corrected chi connectivity index (χ0v) is 17.3. The van der Waals surface area contributed by atoms with Crippen molar-refractivity contribution >= 4 is 16.1 Å². The van der Waals surface area contributed by atoms with Gasteiger partial charge in [0.05, 0.1) is 4.90 Å². The van der Waals surface area contributed by atoms with Crippen molar-refractivity contribution in [3.63, 3.8) is 0 Å². The minimum atomic E-state index is -3.69. The van der Waals surface area contributed by atoms with Gasteiger partial charge >= 0.3 is 6.03 Å². The molecule has 0 aliphatic carbocycles. The van der Waals surface area contributed by atoms with Crippen molar-refractivity contribution in [3.8, 4) is 0 Å². The summed E-state index contributed by atoms with van der Waals surface area (Å²) < 4.78 is 41.1.